The smallest absolute Gasteiger partial charge is 0.313 e. The molecule has 1 aromatic carbocycles. The number of rotatable bonds is 11. The number of hydrogen-bond acceptors (Lipinski definition) is 5. The normalized spacial score (nSPS) is 19.1. The Labute approximate surface area is 203 Å². The van der Waals surface area contributed by atoms with Crippen LogP contribution in [-0.2, 0) is 16.1 Å². The van der Waals surface area contributed by atoms with Crippen LogP contribution in [0.1, 0.15) is 81.8 Å². The van der Waals surface area contributed by atoms with Crippen LogP contribution in [0.2, 0.25) is 5.02 Å². The van der Waals surface area contributed by atoms with Gasteiger partial charge in [-0.25, -0.2) is 0 Å². The van der Waals surface area contributed by atoms with Crippen molar-refractivity contribution in [1.29, 1.82) is 0 Å². The fourth-order valence-corrected chi connectivity index (χ4v) is 5.02. The molecular weight excluding hydrogens is 451 g/mol. The number of likely N-dealkylation sites (tertiary alicyclic amines) is 1. The number of nitrogen functional groups attached to an aromatic ring is 1. The molecule has 0 amide bonds. The van der Waals surface area contributed by atoms with Gasteiger partial charge in [0.25, 0.3) is 0 Å². The summed E-state index contributed by atoms with van der Waals surface area (Å²) >= 11 is 6.31. The zero-order chi connectivity index (χ0) is 22.2. The molecule has 2 aliphatic heterocycles. The molecule has 0 radical (unpaired) electrons. The predicted molar refractivity (Wildman–Crippen MR) is 131 cm³/mol. The van der Waals surface area contributed by atoms with Gasteiger partial charge in [-0.1, -0.05) is 57.0 Å². The summed E-state index contributed by atoms with van der Waals surface area (Å²) in [5, 5.41) is 10.0. The van der Waals surface area contributed by atoms with E-state index in [4.69, 9.17) is 27.1 Å². The number of nitrogens with zero attached hydrogens (tertiary/aromatic N) is 1. The molecule has 8 heteroatoms. The Balaban J connectivity index is 0.00000363. The van der Waals surface area contributed by atoms with Gasteiger partial charge in [0.1, 0.15) is 12.5 Å². The van der Waals surface area contributed by atoms with Crippen molar-refractivity contribution in [2.45, 2.75) is 77.0 Å². The molecule has 3 N–H and O–H groups in total. The first-order valence-corrected chi connectivity index (χ1v) is 12.2. The second-order valence-corrected chi connectivity index (χ2v) is 9.45. The molecule has 32 heavy (non-hydrogen) atoms. The second kappa shape index (κ2) is 13.5. The van der Waals surface area contributed by atoms with Crippen LogP contribution >= 0.6 is 24.0 Å². The number of unbranched alkanes of at least 4 members (excludes halogenated alkanes) is 6. The molecule has 0 aromatic heterocycles. The number of benzene rings is 1. The van der Waals surface area contributed by atoms with Gasteiger partial charge in [-0.05, 0) is 62.9 Å². The number of piperidine rings is 1. The van der Waals surface area contributed by atoms with Crippen LogP contribution in [0.25, 0.3) is 0 Å². The zero-order valence-corrected chi connectivity index (χ0v) is 20.7. The quantitative estimate of drug-likeness (QED) is 0.231. The lowest BCUT2D eigenvalue weighted by molar-refractivity contribution is -0.222. The molecule has 6 nitrogen and oxygen atoms in total. The number of carboxylic acid groups (broad SMARTS) is 1. The number of carbonyl (C=O) groups is 1. The van der Waals surface area contributed by atoms with Crippen LogP contribution in [0.4, 0.5) is 5.69 Å². The van der Waals surface area contributed by atoms with Gasteiger partial charge < -0.3 is 20.6 Å². The lowest BCUT2D eigenvalue weighted by atomic mass is 9.84. The first-order valence-electron chi connectivity index (χ1n) is 11.9. The van der Waals surface area contributed by atoms with Gasteiger partial charge in [-0.3, -0.25) is 4.79 Å². The first-order chi connectivity index (χ1) is 15.0. The minimum absolute atomic E-state index is 0. The standard InChI is InChI=1S/C24H37ClN2O4.ClH/c1-2-3-4-5-6-7-8-11-27-12-9-17(10-13-27)14-18-15-20(25)22(26)23-21(18)19(24(28)29)16-30-31-23;/h15,17,19H,2-14,16,26H2,1H3,(H,28,29);1H. The largest absolute Gasteiger partial charge is 0.481 e. The van der Waals surface area contributed by atoms with Crippen molar-refractivity contribution < 1.29 is 19.7 Å². The molecule has 0 saturated carbocycles. The predicted octanol–water partition coefficient (Wildman–Crippen LogP) is 5.84. The number of hydrogen-bond donors (Lipinski definition) is 2. The van der Waals surface area contributed by atoms with Crippen molar-refractivity contribution in [2.75, 3.05) is 32.0 Å². The van der Waals surface area contributed by atoms with Crippen molar-refractivity contribution in [3.8, 4) is 5.75 Å². The van der Waals surface area contributed by atoms with E-state index in [9.17, 15) is 9.90 Å². The Hall–Kier alpha value is -1.21. The van der Waals surface area contributed by atoms with Crippen LogP contribution in [0, 0.1) is 5.92 Å². The van der Waals surface area contributed by atoms with Crippen molar-refractivity contribution in [1.82, 2.24) is 4.90 Å². The molecule has 1 unspecified atom stereocenters. The summed E-state index contributed by atoms with van der Waals surface area (Å²) in [4.78, 5) is 24.6. The van der Waals surface area contributed by atoms with E-state index in [1.165, 1.54) is 51.5 Å². The van der Waals surface area contributed by atoms with Crippen molar-refractivity contribution in [3.63, 3.8) is 0 Å². The van der Waals surface area contributed by atoms with Gasteiger partial charge in [0.2, 0.25) is 0 Å². The summed E-state index contributed by atoms with van der Waals surface area (Å²) < 4.78 is 0. The number of anilines is 1. The molecule has 1 atom stereocenters. The Morgan fingerprint density at radius 1 is 1.19 bits per heavy atom. The van der Waals surface area contributed by atoms with Gasteiger partial charge >= 0.3 is 5.97 Å². The highest BCUT2D eigenvalue weighted by Crippen LogP contribution is 2.44. The zero-order valence-electron chi connectivity index (χ0n) is 19.1. The fourth-order valence-electron chi connectivity index (χ4n) is 4.81. The highest BCUT2D eigenvalue weighted by Gasteiger charge is 2.35. The van der Waals surface area contributed by atoms with Gasteiger partial charge in [0.05, 0.1) is 10.7 Å². The van der Waals surface area contributed by atoms with E-state index in [0.29, 0.717) is 16.5 Å². The molecule has 1 saturated heterocycles. The third kappa shape index (κ3) is 7.14. The van der Waals surface area contributed by atoms with Gasteiger partial charge in [-0.15, -0.1) is 12.4 Å². The van der Waals surface area contributed by atoms with E-state index in [-0.39, 0.29) is 30.5 Å². The van der Waals surface area contributed by atoms with E-state index < -0.39 is 11.9 Å². The highest BCUT2D eigenvalue weighted by atomic mass is 35.5. The first kappa shape index (κ1) is 27.0. The lowest BCUT2D eigenvalue weighted by Gasteiger charge is -2.33. The molecule has 3 rings (SSSR count). The summed E-state index contributed by atoms with van der Waals surface area (Å²) in [7, 11) is 0. The summed E-state index contributed by atoms with van der Waals surface area (Å²) in [6.07, 6.45) is 12.4. The Morgan fingerprint density at radius 3 is 2.50 bits per heavy atom. The minimum atomic E-state index is -0.933. The average Bonchev–Trinajstić information content (AvgIpc) is 2.77. The van der Waals surface area contributed by atoms with Gasteiger partial charge in [-0.2, -0.15) is 4.89 Å². The molecule has 1 aromatic rings. The molecule has 0 spiro atoms. The molecule has 182 valence electrons. The van der Waals surface area contributed by atoms with Crippen LogP contribution in [-0.4, -0.2) is 42.2 Å². The fraction of sp³-hybridized carbons (Fsp3) is 0.708. The molecule has 0 bridgehead atoms. The number of carboxylic acids is 1. The monoisotopic (exact) mass is 488 g/mol. The van der Waals surface area contributed by atoms with Crippen LogP contribution < -0.4 is 10.6 Å². The van der Waals surface area contributed by atoms with Crippen molar-refractivity contribution in [3.05, 3.63) is 22.2 Å². The molecule has 2 heterocycles. The van der Waals surface area contributed by atoms with Crippen LogP contribution in [0.5, 0.6) is 5.75 Å². The summed E-state index contributed by atoms with van der Waals surface area (Å²) in [5.41, 5.74) is 7.84. The van der Waals surface area contributed by atoms with Crippen molar-refractivity contribution in [2.24, 2.45) is 5.92 Å². The second-order valence-electron chi connectivity index (χ2n) is 9.04. The maximum absolute atomic E-state index is 11.8. The summed E-state index contributed by atoms with van der Waals surface area (Å²) in [5.74, 6) is -0.934. The third-order valence-electron chi connectivity index (χ3n) is 6.71. The Morgan fingerprint density at radius 2 is 1.84 bits per heavy atom. The molecule has 0 aliphatic carbocycles. The SMILES string of the molecule is CCCCCCCCCN1CCC(Cc2cc(Cl)c(N)c3c2C(C(=O)O)COO3)CC1.Cl. The van der Waals surface area contributed by atoms with E-state index in [0.717, 1.165) is 37.9 Å². The summed E-state index contributed by atoms with van der Waals surface area (Å²) in [6, 6.07) is 1.82. The molecule has 1 fully saturated rings. The molecular formula is C24H38Cl2N2O4. The number of aliphatic carboxylic acids is 1. The minimum Gasteiger partial charge on any atom is -0.481 e. The number of nitrogens with two attached hydrogens (primary N) is 1. The van der Waals surface area contributed by atoms with Crippen LogP contribution in [0.3, 0.4) is 0 Å². The average molecular weight is 489 g/mol. The third-order valence-corrected chi connectivity index (χ3v) is 7.02. The van der Waals surface area contributed by atoms with Crippen LogP contribution in [0.15, 0.2) is 6.07 Å². The maximum Gasteiger partial charge on any atom is 0.313 e. The molecule has 2 aliphatic rings. The van der Waals surface area contributed by atoms with E-state index in [1.807, 2.05) is 6.07 Å². The van der Waals surface area contributed by atoms with E-state index in [1.54, 1.807) is 0 Å². The van der Waals surface area contributed by atoms with Gasteiger partial charge in [0.15, 0.2) is 5.75 Å². The van der Waals surface area contributed by atoms with Gasteiger partial charge in [0, 0.05) is 5.56 Å². The number of fused-ring (bicyclic) bond motifs is 1. The highest BCUT2D eigenvalue weighted by molar-refractivity contribution is 6.33. The van der Waals surface area contributed by atoms with E-state index in [2.05, 4.69) is 11.8 Å². The Bertz CT molecular complexity index is 739. The number of halogens is 2. The Kier molecular flexibility index (Phi) is 11.4. The summed E-state index contributed by atoms with van der Waals surface area (Å²) in [6.45, 7) is 5.64. The van der Waals surface area contributed by atoms with Crippen molar-refractivity contribution >= 4 is 35.7 Å². The lowest BCUT2D eigenvalue weighted by Crippen LogP contribution is -2.35. The maximum atomic E-state index is 11.8. The topological polar surface area (TPSA) is 85.0 Å². The van der Waals surface area contributed by atoms with E-state index >= 15 is 0 Å².